The Morgan fingerprint density at radius 3 is 2.23 bits per heavy atom. The van der Waals surface area contributed by atoms with Crippen molar-refractivity contribution in [3.05, 3.63) is 95.8 Å². The standard InChI is InChI=1S/C24H18F3N3O5/c25-24(26,27)23(34)18(20(31)15-5-2-1-3-6-15)19(29-22(33)30-23)14-8-10-17(11-9-14)35-21(32)16-7-4-12-28-13-16/h1-13,18-19,34H,(H2,29,30,33)/t18-,19+,23-/m0/s1. The third kappa shape index (κ3) is 4.71. The topological polar surface area (TPSA) is 118 Å². The maximum absolute atomic E-state index is 14.0. The quantitative estimate of drug-likeness (QED) is 0.290. The number of halogens is 3. The summed E-state index contributed by atoms with van der Waals surface area (Å²) in [4.78, 5) is 41.3. The van der Waals surface area contributed by atoms with Gasteiger partial charge >= 0.3 is 18.2 Å². The van der Waals surface area contributed by atoms with Gasteiger partial charge in [0.05, 0.1) is 11.6 Å². The average molecular weight is 485 g/mol. The van der Waals surface area contributed by atoms with E-state index < -0.39 is 41.6 Å². The highest BCUT2D eigenvalue weighted by atomic mass is 19.4. The molecule has 0 spiro atoms. The number of aromatic nitrogens is 1. The predicted octanol–water partition coefficient (Wildman–Crippen LogP) is 3.40. The van der Waals surface area contributed by atoms with Crippen LogP contribution in [0.15, 0.2) is 79.1 Å². The fourth-order valence-corrected chi connectivity index (χ4v) is 3.79. The molecule has 2 amide bonds. The minimum absolute atomic E-state index is 0.0693. The zero-order valence-corrected chi connectivity index (χ0v) is 17.8. The summed E-state index contributed by atoms with van der Waals surface area (Å²) < 4.78 is 47.2. The van der Waals surface area contributed by atoms with Gasteiger partial charge < -0.3 is 20.5 Å². The van der Waals surface area contributed by atoms with Gasteiger partial charge in [0.2, 0.25) is 5.72 Å². The zero-order chi connectivity index (χ0) is 25.2. The van der Waals surface area contributed by atoms with Crippen LogP contribution in [-0.2, 0) is 0 Å². The lowest BCUT2D eigenvalue weighted by atomic mass is 9.77. The number of pyridine rings is 1. The van der Waals surface area contributed by atoms with Gasteiger partial charge in [-0.05, 0) is 29.8 Å². The number of esters is 1. The summed E-state index contributed by atoms with van der Waals surface area (Å²) in [5.74, 6) is -3.83. The second-order valence-corrected chi connectivity index (χ2v) is 7.75. The molecule has 8 nitrogen and oxygen atoms in total. The van der Waals surface area contributed by atoms with Gasteiger partial charge in [0.25, 0.3) is 0 Å². The molecule has 0 saturated carbocycles. The number of amides is 2. The van der Waals surface area contributed by atoms with Crippen LogP contribution in [0.5, 0.6) is 5.75 Å². The van der Waals surface area contributed by atoms with Crippen molar-refractivity contribution < 1.29 is 37.4 Å². The van der Waals surface area contributed by atoms with Gasteiger partial charge in [-0.15, -0.1) is 0 Å². The third-order valence-corrected chi connectivity index (χ3v) is 5.49. The molecule has 1 saturated heterocycles. The number of aliphatic hydroxyl groups is 1. The Labute approximate surface area is 196 Å². The van der Waals surface area contributed by atoms with E-state index in [9.17, 15) is 32.7 Å². The molecule has 2 aromatic carbocycles. The lowest BCUT2D eigenvalue weighted by molar-refractivity contribution is -0.287. The maximum atomic E-state index is 14.0. The number of rotatable bonds is 5. The summed E-state index contributed by atoms with van der Waals surface area (Å²) in [6.07, 6.45) is -2.58. The van der Waals surface area contributed by atoms with E-state index in [-0.39, 0.29) is 22.4 Å². The molecule has 180 valence electrons. The number of alkyl halides is 3. The van der Waals surface area contributed by atoms with E-state index in [0.29, 0.717) is 0 Å². The number of carbonyl (C=O) groups excluding carboxylic acids is 3. The number of hydrogen-bond acceptors (Lipinski definition) is 6. The van der Waals surface area contributed by atoms with E-state index in [2.05, 4.69) is 10.3 Å². The molecule has 4 rings (SSSR count). The maximum Gasteiger partial charge on any atom is 0.437 e. The predicted molar refractivity (Wildman–Crippen MR) is 115 cm³/mol. The molecule has 2 heterocycles. The van der Waals surface area contributed by atoms with Crippen molar-refractivity contribution in [3.8, 4) is 5.75 Å². The Balaban J connectivity index is 1.68. The van der Waals surface area contributed by atoms with E-state index in [0.717, 1.165) is 0 Å². The van der Waals surface area contributed by atoms with Crippen molar-refractivity contribution >= 4 is 17.8 Å². The van der Waals surface area contributed by atoms with Gasteiger partial charge in [-0.1, -0.05) is 42.5 Å². The molecule has 0 bridgehead atoms. The van der Waals surface area contributed by atoms with Gasteiger partial charge in [-0.3, -0.25) is 9.78 Å². The van der Waals surface area contributed by atoms with E-state index in [1.165, 1.54) is 72.3 Å². The van der Waals surface area contributed by atoms with Gasteiger partial charge in [-0.25, -0.2) is 9.59 Å². The molecule has 1 aromatic heterocycles. The highest BCUT2D eigenvalue weighted by molar-refractivity contribution is 6.00. The number of ketones is 1. The summed E-state index contributed by atoms with van der Waals surface area (Å²) >= 11 is 0. The van der Waals surface area contributed by atoms with Gasteiger partial charge in [0.1, 0.15) is 11.7 Å². The zero-order valence-electron chi connectivity index (χ0n) is 17.8. The number of urea groups is 1. The number of nitrogens with zero attached hydrogens (tertiary/aromatic N) is 1. The fraction of sp³-hybridized carbons (Fsp3) is 0.167. The molecule has 1 aliphatic rings. The third-order valence-electron chi connectivity index (χ3n) is 5.49. The first-order valence-corrected chi connectivity index (χ1v) is 10.3. The van der Waals surface area contributed by atoms with Crippen LogP contribution in [0.25, 0.3) is 0 Å². The second-order valence-electron chi connectivity index (χ2n) is 7.75. The number of hydrogen-bond donors (Lipinski definition) is 3. The molecule has 3 N–H and O–H groups in total. The normalized spacial score (nSPS) is 22.0. The molecule has 3 atom stereocenters. The Kier molecular flexibility index (Phi) is 6.27. The largest absolute Gasteiger partial charge is 0.437 e. The van der Waals surface area contributed by atoms with Crippen molar-refractivity contribution in [2.75, 3.05) is 0 Å². The molecule has 1 fully saturated rings. The molecule has 11 heteroatoms. The Morgan fingerprint density at radius 2 is 1.63 bits per heavy atom. The summed E-state index contributed by atoms with van der Waals surface area (Å²) in [7, 11) is 0. The molecule has 35 heavy (non-hydrogen) atoms. The first-order valence-electron chi connectivity index (χ1n) is 10.3. The summed E-state index contributed by atoms with van der Waals surface area (Å²) in [6, 6.07) is 12.5. The van der Waals surface area contributed by atoms with Crippen molar-refractivity contribution in [2.45, 2.75) is 17.9 Å². The number of ether oxygens (including phenoxy) is 1. The molecule has 0 radical (unpaired) electrons. The van der Waals surface area contributed by atoms with Crippen LogP contribution < -0.4 is 15.4 Å². The number of nitrogens with one attached hydrogen (secondary N) is 2. The Hall–Kier alpha value is -4.25. The summed E-state index contributed by atoms with van der Waals surface area (Å²) in [6.45, 7) is 0. The number of Topliss-reactive ketones (excluding diaryl/α,β-unsaturated/α-hetero) is 1. The van der Waals surface area contributed by atoms with E-state index in [1.807, 2.05) is 0 Å². The highest BCUT2D eigenvalue weighted by Crippen LogP contribution is 2.44. The van der Waals surface area contributed by atoms with Crippen molar-refractivity contribution in [1.82, 2.24) is 15.6 Å². The summed E-state index contributed by atoms with van der Waals surface area (Å²) in [5, 5.41) is 14.4. The van der Waals surface area contributed by atoms with Crippen molar-refractivity contribution in [3.63, 3.8) is 0 Å². The first kappa shape index (κ1) is 23.9. The minimum Gasteiger partial charge on any atom is -0.423 e. The van der Waals surface area contributed by atoms with Crippen LogP contribution in [0.3, 0.4) is 0 Å². The molecule has 0 unspecified atom stereocenters. The van der Waals surface area contributed by atoms with Crippen molar-refractivity contribution in [2.24, 2.45) is 5.92 Å². The van der Waals surface area contributed by atoms with Crippen LogP contribution in [0, 0.1) is 5.92 Å². The summed E-state index contributed by atoms with van der Waals surface area (Å²) in [5.41, 5.74) is -3.65. The minimum atomic E-state index is -5.36. The van der Waals surface area contributed by atoms with E-state index in [1.54, 1.807) is 12.1 Å². The molecule has 0 aliphatic carbocycles. The molecule has 1 aliphatic heterocycles. The monoisotopic (exact) mass is 485 g/mol. The van der Waals surface area contributed by atoms with Crippen LogP contribution in [0.4, 0.5) is 18.0 Å². The lowest BCUT2D eigenvalue weighted by Gasteiger charge is -2.45. The van der Waals surface area contributed by atoms with Gasteiger partial charge in [0.15, 0.2) is 5.78 Å². The second kappa shape index (κ2) is 9.18. The smallest absolute Gasteiger partial charge is 0.423 e. The Bertz CT molecular complexity index is 1240. The number of carbonyl (C=O) groups is 3. The highest BCUT2D eigenvalue weighted by Gasteiger charge is 2.66. The Morgan fingerprint density at radius 1 is 0.971 bits per heavy atom. The van der Waals surface area contributed by atoms with Crippen molar-refractivity contribution in [1.29, 1.82) is 0 Å². The van der Waals surface area contributed by atoms with Crippen LogP contribution in [0.2, 0.25) is 0 Å². The van der Waals surface area contributed by atoms with Gasteiger partial charge in [-0.2, -0.15) is 13.2 Å². The molecule has 3 aromatic rings. The SMILES string of the molecule is O=C1N[C@H](c2ccc(OC(=O)c3cccnc3)cc2)[C@@H](C(=O)c2ccccc2)[C@](O)(C(F)(F)F)N1. The first-order chi connectivity index (χ1) is 16.6. The van der Waals surface area contributed by atoms with Crippen LogP contribution in [0.1, 0.15) is 32.3 Å². The van der Waals surface area contributed by atoms with Crippen LogP contribution in [-0.4, -0.2) is 39.8 Å². The van der Waals surface area contributed by atoms with Gasteiger partial charge in [0, 0.05) is 18.0 Å². The number of benzene rings is 2. The fourth-order valence-electron chi connectivity index (χ4n) is 3.79. The van der Waals surface area contributed by atoms with E-state index in [4.69, 9.17) is 4.74 Å². The van der Waals surface area contributed by atoms with E-state index >= 15 is 0 Å². The average Bonchev–Trinajstić information content (AvgIpc) is 2.84. The molecular weight excluding hydrogens is 467 g/mol. The molecular formula is C24H18F3N3O5. The lowest BCUT2D eigenvalue weighted by Crippen LogP contribution is -2.72. The van der Waals surface area contributed by atoms with Crippen LogP contribution >= 0.6 is 0 Å².